The van der Waals surface area contributed by atoms with Gasteiger partial charge in [-0.15, -0.1) is 0 Å². The van der Waals surface area contributed by atoms with E-state index in [2.05, 4.69) is 15.0 Å². The van der Waals surface area contributed by atoms with Crippen molar-refractivity contribution in [3.63, 3.8) is 0 Å². The van der Waals surface area contributed by atoms with E-state index >= 15 is 0 Å². The molecule has 2 aromatic heterocycles. The molecule has 0 atom stereocenters. The highest BCUT2D eigenvalue weighted by atomic mass is 19.4. The Morgan fingerprint density at radius 2 is 1.47 bits per heavy atom. The molecule has 2 aromatic carbocycles. The SMILES string of the molecule is Cc1ccc(-c2nc(C(F)(F)F)c3cc(C(O)(O)C(F)(F)F)c4ncccc4c3n2)cc1. The summed E-state index contributed by atoms with van der Waals surface area (Å²) in [6, 6.07) is 9.19. The van der Waals surface area contributed by atoms with Gasteiger partial charge >= 0.3 is 12.4 Å². The quantitative estimate of drug-likeness (QED) is 0.257. The molecule has 0 amide bonds. The van der Waals surface area contributed by atoms with Gasteiger partial charge in [-0.2, -0.15) is 26.3 Å². The van der Waals surface area contributed by atoms with Crippen LogP contribution in [0.2, 0.25) is 0 Å². The third-order valence-electron chi connectivity index (χ3n) is 4.90. The molecule has 2 N–H and O–H groups in total. The molecule has 0 aliphatic rings. The number of nitrogens with zero attached hydrogens (tertiary/aromatic N) is 3. The second-order valence-corrected chi connectivity index (χ2v) is 7.15. The van der Waals surface area contributed by atoms with E-state index in [1.807, 2.05) is 0 Å². The van der Waals surface area contributed by atoms with Crippen LogP contribution in [0.3, 0.4) is 0 Å². The molecule has 0 spiro atoms. The molecule has 0 saturated carbocycles. The van der Waals surface area contributed by atoms with Crippen molar-refractivity contribution in [2.75, 3.05) is 0 Å². The van der Waals surface area contributed by atoms with Crippen LogP contribution in [0.15, 0.2) is 48.7 Å². The zero-order valence-electron chi connectivity index (χ0n) is 16.1. The van der Waals surface area contributed by atoms with Crippen LogP contribution in [0, 0.1) is 6.92 Å². The van der Waals surface area contributed by atoms with Gasteiger partial charge < -0.3 is 10.2 Å². The number of aryl methyl sites for hydroxylation is 1. The molecule has 0 aliphatic heterocycles. The van der Waals surface area contributed by atoms with Crippen LogP contribution in [0.5, 0.6) is 0 Å². The van der Waals surface area contributed by atoms with Crippen molar-refractivity contribution in [1.29, 1.82) is 0 Å². The van der Waals surface area contributed by atoms with Crippen LogP contribution in [0.4, 0.5) is 26.3 Å². The van der Waals surface area contributed by atoms with Crippen LogP contribution >= 0.6 is 0 Å². The van der Waals surface area contributed by atoms with Crippen LogP contribution in [0.25, 0.3) is 33.2 Å². The lowest BCUT2D eigenvalue weighted by Gasteiger charge is -2.26. The van der Waals surface area contributed by atoms with Gasteiger partial charge in [0.1, 0.15) is 0 Å². The maximum Gasteiger partial charge on any atom is 0.447 e. The van der Waals surface area contributed by atoms with Gasteiger partial charge in [0.15, 0.2) is 11.5 Å². The lowest BCUT2D eigenvalue weighted by Crippen LogP contribution is -2.42. The maximum absolute atomic E-state index is 13.9. The number of benzene rings is 2. The molecule has 4 rings (SSSR count). The van der Waals surface area contributed by atoms with Gasteiger partial charge in [-0.1, -0.05) is 29.8 Å². The van der Waals surface area contributed by atoms with Crippen molar-refractivity contribution in [1.82, 2.24) is 15.0 Å². The first-order valence-corrected chi connectivity index (χ1v) is 9.06. The number of rotatable bonds is 2. The molecular formula is C21H13F6N3O2. The predicted octanol–water partition coefficient (Wildman–Crippen LogP) is 4.87. The predicted molar refractivity (Wildman–Crippen MR) is 102 cm³/mol. The summed E-state index contributed by atoms with van der Waals surface area (Å²) in [7, 11) is 0. The number of aliphatic hydroxyl groups is 2. The maximum atomic E-state index is 13.9. The second-order valence-electron chi connectivity index (χ2n) is 7.15. The minimum atomic E-state index is -5.60. The number of fused-ring (bicyclic) bond motifs is 3. The van der Waals surface area contributed by atoms with E-state index in [4.69, 9.17) is 0 Å². The van der Waals surface area contributed by atoms with Gasteiger partial charge in [0.2, 0.25) is 0 Å². The van der Waals surface area contributed by atoms with Crippen molar-refractivity contribution < 1.29 is 36.6 Å². The Balaban J connectivity index is 2.17. The average Bonchev–Trinajstić information content (AvgIpc) is 2.71. The van der Waals surface area contributed by atoms with Crippen molar-refractivity contribution in [2.45, 2.75) is 25.1 Å². The number of hydrogen-bond acceptors (Lipinski definition) is 5. The molecular weight excluding hydrogens is 440 g/mol. The van der Waals surface area contributed by atoms with Gasteiger partial charge in [-0.25, -0.2) is 9.97 Å². The normalized spacial score (nSPS) is 13.2. The van der Waals surface area contributed by atoms with Crippen molar-refractivity contribution in [3.8, 4) is 11.4 Å². The minimum Gasteiger partial charge on any atom is -0.355 e. The lowest BCUT2D eigenvalue weighted by molar-refractivity contribution is -0.357. The summed E-state index contributed by atoms with van der Waals surface area (Å²) in [5.41, 5.74) is -2.54. The fourth-order valence-corrected chi connectivity index (χ4v) is 3.30. The van der Waals surface area contributed by atoms with E-state index in [1.54, 1.807) is 19.1 Å². The standard InChI is InChI=1S/C21H13F6N3O2/c1-10-4-6-11(7-5-10)18-29-15-12-3-2-8-28-16(12)14(19(31,32)21(25,26)27)9-13(15)17(30-18)20(22,23)24/h2-9,31-32H,1H3. The molecule has 5 nitrogen and oxygen atoms in total. The molecule has 2 heterocycles. The average molecular weight is 453 g/mol. The first-order valence-electron chi connectivity index (χ1n) is 9.06. The number of aromatic nitrogens is 3. The molecule has 32 heavy (non-hydrogen) atoms. The fraction of sp³-hybridized carbons (Fsp3) is 0.190. The van der Waals surface area contributed by atoms with E-state index < -0.39 is 40.3 Å². The fourth-order valence-electron chi connectivity index (χ4n) is 3.30. The van der Waals surface area contributed by atoms with E-state index in [0.29, 0.717) is 6.07 Å². The molecule has 0 radical (unpaired) electrons. The molecule has 166 valence electrons. The first-order chi connectivity index (χ1) is 14.8. The summed E-state index contributed by atoms with van der Waals surface area (Å²) in [4.78, 5) is 11.5. The highest BCUT2D eigenvalue weighted by Gasteiger charge is 2.55. The topological polar surface area (TPSA) is 79.1 Å². The van der Waals surface area contributed by atoms with Gasteiger partial charge in [-0.05, 0) is 25.1 Å². The van der Waals surface area contributed by atoms with Crippen molar-refractivity contribution >= 4 is 21.8 Å². The number of halogens is 6. The third-order valence-corrected chi connectivity index (χ3v) is 4.90. The number of hydrogen-bond donors (Lipinski definition) is 2. The Morgan fingerprint density at radius 3 is 2.06 bits per heavy atom. The Bertz CT molecular complexity index is 1330. The summed E-state index contributed by atoms with van der Waals surface area (Å²) in [5, 5.41) is 18.6. The zero-order chi connectivity index (χ0) is 23.5. The van der Waals surface area contributed by atoms with Gasteiger partial charge in [0.25, 0.3) is 5.79 Å². The minimum absolute atomic E-state index is 0.224. The molecule has 4 aromatic rings. The summed E-state index contributed by atoms with van der Waals surface area (Å²) in [6.07, 6.45) is -9.59. The summed E-state index contributed by atoms with van der Waals surface area (Å²) in [5.74, 6) is -4.75. The van der Waals surface area contributed by atoms with E-state index in [9.17, 15) is 36.6 Å². The van der Waals surface area contributed by atoms with E-state index in [1.165, 1.54) is 24.3 Å². The van der Waals surface area contributed by atoms with E-state index in [-0.39, 0.29) is 22.3 Å². The Hall–Kier alpha value is -3.31. The second kappa shape index (κ2) is 7.10. The van der Waals surface area contributed by atoms with Gasteiger partial charge in [0.05, 0.1) is 11.0 Å². The first kappa shape index (κ1) is 21.9. The van der Waals surface area contributed by atoms with Crippen LogP contribution in [0.1, 0.15) is 16.8 Å². The Kier molecular flexibility index (Phi) is 4.86. The van der Waals surface area contributed by atoms with Crippen LogP contribution in [-0.2, 0) is 12.0 Å². The molecule has 0 bridgehead atoms. The molecule has 11 heteroatoms. The zero-order valence-corrected chi connectivity index (χ0v) is 16.1. The number of pyridine rings is 1. The van der Waals surface area contributed by atoms with Crippen molar-refractivity contribution in [3.05, 3.63) is 65.5 Å². The van der Waals surface area contributed by atoms with Crippen LogP contribution in [-0.4, -0.2) is 31.3 Å². The summed E-state index contributed by atoms with van der Waals surface area (Å²) in [6.45, 7) is 1.78. The Labute approximate surface area is 176 Å². The molecule has 0 aliphatic carbocycles. The van der Waals surface area contributed by atoms with E-state index in [0.717, 1.165) is 11.8 Å². The summed E-state index contributed by atoms with van der Waals surface area (Å²) < 4.78 is 81.6. The lowest BCUT2D eigenvalue weighted by atomic mass is 9.96. The number of alkyl halides is 6. The highest BCUT2D eigenvalue weighted by molar-refractivity contribution is 6.06. The molecule has 0 unspecified atom stereocenters. The smallest absolute Gasteiger partial charge is 0.355 e. The van der Waals surface area contributed by atoms with Gasteiger partial charge in [0, 0.05) is 28.1 Å². The third kappa shape index (κ3) is 3.53. The monoisotopic (exact) mass is 453 g/mol. The highest BCUT2D eigenvalue weighted by Crippen LogP contribution is 2.43. The van der Waals surface area contributed by atoms with Crippen LogP contribution < -0.4 is 0 Å². The van der Waals surface area contributed by atoms with Crippen molar-refractivity contribution in [2.24, 2.45) is 0 Å². The molecule has 0 fully saturated rings. The van der Waals surface area contributed by atoms with Gasteiger partial charge in [-0.3, -0.25) is 4.98 Å². The summed E-state index contributed by atoms with van der Waals surface area (Å²) >= 11 is 0. The molecule has 0 saturated heterocycles. The Morgan fingerprint density at radius 1 is 0.812 bits per heavy atom. The largest absolute Gasteiger partial charge is 0.447 e.